The molecule has 19 heavy (non-hydrogen) atoms. The Kier molecular flexibility index (Phi) is 4.10. The normalized spacial score (nSPS) is 24.6. The van der Waals surface area contributed by atoms with Crippen LogP contribution in [0.4, 0.5) is 5.00 Å². The Morgan fingerprint density at radius 3 is 2.47 bits per heavy atom. The van der Waals surface area contributed by atoms with Gasteiger partial charge in [-0.2, -0.15) is 0 Å². The molecule has 1 aromatic heterocycles. The van der Waals surface area contributed by atoms with Gasteiger partial charge in [0.1, 0.15) is 0 Å². The van der Waals surface area contributed by atoms with Gasteiger partial charge < -0.3 is 10.0 Å². The summed E-state index contributed by atoms with van der Waals surface area (Å²) in [6, 6.07) is 4.33. The van der Waals surface area contributed by atoms with Gasteiger partial charge in [-0.1, -0.05) is 19.3 Å². The van der Waals surface area contributed by atoms with E-state index in [-0.39, 0.29) is 0 Å². The third kappa shape index (κ3) is 3.30. The highest BCUT2D eigenvalue weighted by Gasteiger charge is 2.32. The van der Waals surface area contributed by atoms with E-state index in [0.717, 1.165) is 45.6 Å². The summed E-state index contributed by atoms with van der Waals surface area (Å²) >= 11 is 1.82. The number of hydrogen-bond acceptors (Lipinski definition) is 4. The smallest absolute Gasteiger partial charge is 0.0909 e. The van der Waals surface area contributed by atoms with Gasteiger partial charge in [-0.25, -0.2) is 0 Å². The largest absolute Gasteiger partial charge is 0.389 e. The van der Waals surface area contributed by atoms with Crippen molar-refractivity contribution in [2.75, 3.05) is 37.6 Å². The van der Waals surface area contributed by atoms with Crippen LogP contribution in [-0.4, -0.2) is 48.3 Å². The Labute approximate surface area is 119 Å². The first-order chi connectivity index (χ1) is 9.25. The zero-order valence-corrected chi connectivity index (χ0v) is 12.4. The summed E-state index contributed by atoms with van der Waals surface area (Å²) in [6.45, 7) is 5.24. The SMILES string of the molecule is OC1(CN2CCN(c3cccs3)CC2)CCCCC1. The van der Waals surface area contributed by atoms with Crippen molar-refractivity contribution < 1.29 is 5.11 Å². The number of anilines is 1. The molecule has 1 saturated heterocycles. The van der Waals surface area contributed by atoms with Crippen LogP contribution in [0.1, 0.15) is 32.1 Å². The van der Waals surface area contributed by atoms with Crippen LogP contribution >= 0.6 is 11.3 Å². The molecule has 0 aromatic carbocycles. The van der Waals surface area contributed by atoms with Crippen LogP contribution in [-0.2, 0) is 0 Å². The fourth-order valence-corrected chi connectivity index (χ4v) is 4.15. The first-order valence-electron chi connectivity index (χ1n) is 7.48. The minimum absolute atomic E-state index is 0.399. The fourth-order valence-electron chi connectivity index (χ4n) is 3.36. The zero-order chi connectivity index (χ0) is 13.1. The Bertz CT molecular complexity index is 379. The number of nitrogens with zero attached hydrogens (tertiary/aromatic N) is 2. The lowest BCUT2D eigenvalue weighted by Crippen LogP contribution is -2.52. The molecule has 1 aliphatic carbocycles. The van der Waals surface area contributed by atoms with E-state index >= 15 is 0 Å². The second-order valence-electron chi connectivity index (χ2n) is 6.00. The Morgan fingerprint density at radius 1 is 1.11 bits per heavy atom. The minimum Gasteiger partial charge on any atom is -0.389 e. The van der Waals surface area contributed by atoms with E-state index in [0.29, 0.717) is 0 Å². The van der Waals surface area contributed by atoms with E-state index in [1.165, 1.54) is 24.3 Å². The van der Waals surface area contributed by atoms with Gasteiger partial charge in [0.2, 0.25) is 0 Å². The van der Waals surface area contributed by atoms with Gasteiger partial charge in [0, 0.05) is 32.7 Å². The van der Waals surface area contributed by atoms with Gasteiger partial charge in [0.05, 0.1) is 10.6 Å². The summed E-state index contributed by atoms with van der Waals surface area (Å²) in [5, 5.41) is 14.2. The van der Waals surface area contributed by atoms with Crippen molar-refractivity contribution in [2.24, 2.45) is 0 Å². The van der Waals surface area contributed by atoms with Gasteiger partial charge >= 0.3 is 0 Å². The summed E-state index contributed by atoms with van der Waals surface area (Å²) in [6.07, 6.45) is 5.70. The maximum absolute atomic E-state index is 10.6. The molecule has 1 saturated carbocycles. The average molecular weight is 280 g/mol. The van der Waals surface area contributed by atoms with Gasteiger partial charge in [-0.15, -0.1) is 11.3 Å². The summed E-state index contributed by atoms with van der Waals surface area (Å²) in [4.78, 5) is 4.92. The van der Waals surface area contributed by atoms with Crippen molar-refractivity contribution in [1.82, 2.24) is 4.90 Å². The molecule has 0 amide bonds. The number of thiophene rings is 1. The molecule has 106 valence electrons. The highest BCUT2D eigenvalue weighted by atomic mass is 32.1. The molecular formula is C15H24N2OS. The summed E-state index contributed by atoms with van der Waals surface area (Å²) in [7, 11) is 0. The van der Waals surface area contributed by atoms with Crippen LogP contribution in [0.15, 0.2) is 17.5 Å². The summed E-state index contributed by atoms with van der Waals surface area (Å²) in [5.74, 6) is 0. The van der Waals surface area contributed by atoms with Crippen LogP contribution < -0.4 is 4.90 Å². The molecule has 0 atom stereocenters. The number of rotatable bonds is 3. The predicted molar refractivity (Wildman–Crippen MR) is 81.0 cm³/mol. The van der Waals surface area contributed by atoms with E-state index in [9.17, 15) is 5.11 Å². The van der Waals surface area contributed by atoms with Crippen LogP contribution in [0.25, 0.3) is 0 Å². The number of β-amino-alcohol motifs (C(OH)–C–C–N with tert-alkyl or cyclic N) is 1. The Morgan fingerprint density at radius 2 is 1.84 bits per heavy atom. The molecule has 0 radical (unpaired) electrons. The summed E-state index contributed by atoms with van der Waals surface area (Å²) < 4.78 is 0. The highest BCUT2D eigenvalue weighted by molar-refractivity contribution is 7.14. The molecule has 2 aliphatic rings. The van der Waals surface area contributed by atoms with Crippen LogP contribution in [0.3, 0.4) is 0 Å². The van der Waals surface area contributed by atoms with Gasteiger partial charge in [0.15, 0.2) is 0 Å². The van der Waals surface area contributed by atoms with E-state index in [4.69, 9.17) is 0 Å². The van der Waals surface area contributed by atoms with Crippen molar-refractivity contribution in [3.8, 4) is 0 Å². The van der Waals surface area contributed by atoms with Gasteiger partial charge in [-0.05, 0) is 30.4 Å². The van der Waals surface area contributed by atoms with Crippen LogP contribution in [0.2, 0.25) is 0 Å². The number of piperazine rings is 1. The van der Waals surface area contributed by atoms with E-state index in [2.05, 4.69) is 27.3 Å². The third-order valence-corrected chi connectivity index (χ3v) is 5.42. The Balaban J connectivity index is 1.50. The van der Waals surface area contributed by atoms with Crippen LogP contribution in [0, 0.1) is 0 Å². The lowest BCUT2D eigenvalue weighted by atomic mass is 9.84. The molecule has 3 rings (SSSR count). The Hall–Kier alpha value is -0.580. The molecule has 3 nitrogen and oxygen atoms in total. The molecule has 1 N–H and O–H groups in total. The molecule has 2 heterocycles. The van der Waals surface area contributed by atoms with E-state index in [1.54, 1.807) is 0 Å². The molecular weight excluding hydrogens is 256 g/mol. The maximum atomic E-state index is 10.6. The van der Waals surface area contributed by atoms with Crippen LogP contribution in [0.5, 0.6) is 0 Å². The molecule has 0 unspecified atom stereocenters. The first-order valence-corrected chi connectivity index (χ1v) is 8.36. The zero-order valence-electron chi connectivity index (χ0n) is 11.6. The molecule has 2 fully saturated rings. The van der Waals surface area contributed by atoms with Gasteiger partial charge in [0.25, 0.3) is 0 Å². The second-order valence-corrected chi connectivity index (χ2v) is 6.93. The second kappa shape index (κ2) is 5.81. The van der Waals surface area contributed by atoms with Gasteiger partial charge in [-0.3, -0.25) is 4.90 Å². The predicted octanol–water partition coefficient (Wildman–Crippen LogP) is 2.57. The minimum atomic E-state index is -0.399. The van der Waals surface area contributed by atoms with E-state index in [1.807, 2.05) is 11.3 Å². The monoisotopic (exact) mass is 280 g/mol. The standard InChI is InChI=1S/C15H24N2OS/c18-15(6-2-1-3-7-15)13-16-8-10-17(11-9-16)14-5-4-12-19-14/h4-5,12,18H,1-3,6-11,13H2. The fraction of sp³-hybridized carbons (Fsp3) is 0.733. The molecule has 0 spiro atoms. The number of aliphatic hydroxyl groups is 1. The van der Waals surface area contributed by atoms with Crippen molar-refractivity contribution >= 4 is 16.3 Å². The molecule has 1 aromatic rings. The lowest BCUT2D eigenvalue weighted by Gasteiger charge is -2.41. The first kappa shape index (κ1) is 13.4. The lowest BCUT2D eigenvalue weighted by molar-refractivity contribution is -0.0271. The quantitative estimate of drug-likeness (QED) is 0.922. The van der Waals surface area contributed by atoms with Crippen molar-refractivity contribution in [2.45, 2.75) is 37.7 Å². The average Bonchev–Trinajstić information content (AvgIpc) is 2.94. The summed E-state index contributed by atoms with van der Waals surface area (Å²) in [5.41, 5.74) is -0.399. The maximum Gasteiger partial charge on any atom is 0.0909 e. The van der Waals surface area contributed by atoms with Crippen molar-refractivity contribution in [3.05, 3.63) is 17.5 Å². The molecule has 4 heteroatoms. The molecule has 1 aliphatic heterocycles. The van der Waals surface area contributed by atoms with Crippen molar-refractivity contribution in [3.63, 3.8) is 0 Å². The third-order valence-electron chi connectivity index (χ3n) is 4.49. The topological polar surface area (TPSA) is 26.7 Å². The van der Waals surface area contributed by atoms with E-state index < -0.39 is 5.60 Å². The highest BCUT2D eigenvalue weighted by Crippen LogP contribution is 2.29. The van der Waals surface area contributed by atoms with Crippen molar-refractivity contribution in [1.29, 1.82) is 0 Å². The molecule has 0 bridgehead atoms. The number of hydrogen-bond donors (Lipinski definition) is 1.